The van der Waals surface area contributed by atoms with Crippen LogP contribution in [0.3, 0.4) is 0 Å². The lowest BCUT2D eigenvalue weighted by Gasteiger charge is -2.17. The van der Waals surface area contributed by atoms with Gasteiger partial charge in [0.25, 0.3) is 0 Å². The lowest BCUT2D eigenvalue weighted by molar-refractivity contribution is 0.633. The van der Waals surface area contributed by atoms with Gasteiger partial charge in [-0.3, -0.25) is 0 Å². The van der Waals surface area contributed by atoms with Crippen molar-refractivity contribution in [2.75, 3.05) is 0 Å². The van der Waals surface area contributed by atoms with Crippen molar-refractivity contribution in [3.63, 3.8) is 0 Å². The second-order valence-electron chi connectivity index (χ2n) is 5.06. The fraction of sp³-hybridized carbons (Fsp3) is 0.312. The van der Waals surface area contributed by atoms with Crippen LogP contribution in [0.5, 0.6) is 0 Å². The highest BCUT2D eigenvalue weighted by Crippen LogP contribution is 2.32. The largest absolute Gasteiger partial charge is 0.320 e. The lowest BCUT2D eigenvalue weighted by Crippen LogP contribution is -2.10. The topological polar surface area (TPSA) is 17.8 Å². The molecule has 0 aliphatic heterocycles. The van der Waals surface area contributed by atoms with Crippen molar-refractivity contribution < 1.29 is 0 Å². The summed E-state index contributed by atoms with van der Waals surface area (Å²) in [6, 6.07) is 10.8. The molecule has 2 nitrogen and oxygen atoms in total. The van der Waals surface area contributed by atoms with E-state index < -0.39 is 0 Å². The van der Waals surface area contributed by atoms with E-state index in [1.807, 2.05) is 23.5 Å². The van der Waals surface area contributed by atoms with Gasteiger partial charge in [-0.05, 0) is 44.5 Å². The maximum atomic E-state index is 6.10. The van der Waals surface area contributed by atoms with Crippen molar-refractivity contribution in [2.45, 2.75) is 32.7 Å². The summed E-state index contributed by atoms with van der Waals surface area (Å²) in [6.07, 6.45) is 0. The number of para-hydroxylation sites is 2. The van der Waals surface area contributed by atoms with E-state index in [2.05, 4.69) is 48.5 Å². The number of aryl methyl sites for hydroxylation is 2. The van der Waals surface area contributed by atoms with Gasteiger partial charge in [-0.1, -0.05) is 12.1 Å². The molecule has 0 saturated carbocycles. The monoisotopic (exact) mass is 304 g/mol. The molecule has 0 N–H and O–H groups in total. The van der Waals surface area contributed by atoms with Crippen LogP contribution in [0, 0.1) is 13.8 Å². The van der Waals surface area contributed by atoms with E-state index in [0.717, 1.165) is 16.9 Å². The van der Waals surface area contributed by atoms with Gasteiger partial charge < -0.3 is 4.57 Å². The summed E-state index contributed by atoms with van der Waals surface area (Å²) in [5, 5.41) is 0. The fourth-order valence-electron chi connectivity index (χ4n) is 2.83. The minimum Gasteiger partial charge on any atom is -0.320 e. The number of hydrogen-bond donors (Lipinski definition) is 0. The average molecular weight is 305 g/mol. The van der Waals surface area contributed by atoms with Crippen molar-refractivity contribution in [3.05, 3.63) is 51.5 Å². The van der Waals surface area contributed by atoms with Gasteiger partial charge in [0.05, 0.1) is 23.0 Å². The number of benzene rings is 1. The number of fused-ring (bicyclic) bond motifs is 1. The van der Waals surface area contributed by atoms with Crippen molar-refractivity contribution in [1.29, 1.82) is 0 Å². The van der Waals surface area contributed by atoms with Gasteiger partial charge in [-0.2, -0.15) is 0 Å². The third kappa shape index (κ3) is 2.15. The molecule has 104 valence electrons. The molecule has 0 bridgehead atoms. The van der Waals surface area contributed by atoms with E-state index in [4.69, 9.17) is 11.6 Å². The van der Waals surface area contributed by atoms with Crippen LogP contribution in [-0.2, 0) is 5.88 Å². The van der Waals surface area contributed by atoms with E-state index in [9.17, 15) is 0 Å². The molecule has 3 rings (SSSR count). The lowest BCUT2D eigenvalue weighted by atomic mass is 10.1. The van der Waals surface area contributed by atoms with Gasteiger partial charge in [0.15, 0.2) is 0 Å². The maximum Gasteiger partial charge on any atom is 0.125 e. The predicted molar refractivity (Wildman–Crippen MR) is 86.9 cm³/mol. The number of alkyl halides is 1. The zero-order valence-corrected chi connectivity index (χ0v) is 13.4. The Bertz CT molecular complexity index is 757. The normalized spacial score (nSPS) is 13.0. The highest BCUT2D eigenvalue weighted by atomic mass is 35.5. The molecule has 1 unspecified atom stereocenters. The molecule has 0 spiro atoms. The molecule has 0 amide bonds. The van der Waals surface area contributed by atoms with Crippen LogP contribution in [0.4, 0.5) is 0 Å². The summed E-state index contributed by atoms with van der Waals surface area (Å²) < 4.78 is 2.26. The first-order valence-corrected chi connectivity index (χ1v) is 8.05. The van der Waals surface area contributed by atoms with E-state index in [1.165, 1.54) is 15.3 Å². The van der Waals surface area contributed by atoms with Crippen molar-refractivity contribution in [3.8, 4) is 0 Å². The minimum atomic E-state index is 0.251. The van der Waals surface area contributed by atoms with Crippen LogP contribution in [0.25, 0.3) is 11.0 Å². The Balaban J connectivity index is 2.20. The standard InChI is InChI=1S/C16H17ClN2S/c1-10-8-13(12(3)20-10)11(2)19-15-7-5-4-6-14(15)18-16(19)9-17/h4-8,11H,9H2,1-3H3. The van der Waals surface area contributed by atoms with Crippen LogP contribution in [-0.4, -0.2) is 9.55 Å². The first-order chi connectivity index (χ1) is 9.61. The smallest absolute Gasteiger partial charge is 0.125 e. The molecule has 0 aliphatic carbocycles. The number of aromatic nitrogens is 2. The Morgan fingerprint density at radius 3 is 2.70 bits per heavy atom. The second kappa shape index (κ2) is 5.23. The van der Waals surface area contributed by atoms with Gasteiger partial charge >= 0.3 is 0 Å². The molecular formula is C16H17ClN2S. The number of rotatable bonds is 3. The summed E-state index contributed by atoms with van der Waals surface area (Å²) in [6.45, 7) is 6.56. The van der Waals surface area contributed by atoms with Gasteiger partial charge in [-0.25, -0.2) is 4.98 Å². The zero-order valence-electron chi connectivity index (χ0n) is 11.9. The number of thiophene rings is 1. The second-order valence-corrected chi connectivity index (χ2v) is 6.79. The van der Waals surface area contributed by atoms with Crippen molar-refractivity contribution in [2.24, 2.45) is 0 Å². The van der Waals surface area contributed by atoms with Crippen LogP contribution < -0.4 is 0 Å². The number of imidazole rings is 1. The Labute approximate surface area is 128 Å². The van der Waals surface area contributed by atoms with Crippen LogP contribution in [0.15, 0.2) is 30.3 Å². The van der Waals surface area contributed by atoms with Gasteiger partial charge in [0.2, 0.25) is 0 Å². The van der Waals surface area contributed by atoms with Crippen LogP contribution in [0.2, 0.25) is 0 Å². The number of nitrogens with zero attached hydrogens (tertiary/aromatic N) is 2. The quantitative estimate of drug-likeness (QED) is 0.618. The Morgan fingerprint density at radius 1 is 1.30 bits per heavy atom. The highest BCUT2D eigenvalue weighted by molar-refractivity contribution is 7.12. The van der Waals surface area contributed by atoms with E-state index in [1.54, 1.807) is 0 Å². The van der Waals surface area contributed by atoms with Crippen molar-refractivity contribution >= 4 is 34.0 Å². The van der Waals surface area contributed by atoms with Gasteiger partial charge in [0.1, 0.15) is 5.82 Å². The molecule has 0 fully saturated rings. The highest BCUT2D eigenvalue weighted by Gasteiger charge is 2.19. The van der Waals surface area contributed by atoms with E-state index in [-0.39, 0.29) is 6.04 Å². The summed E-state index contributed by atoms with van der Waals surface area (Å²) in [5.41, 5.74) is 3.53. The summed E-state index contributed by atoms with van der Waals surface area (Å²) in [5.74, 6) is 1.37. The molecule has 0 radical (unpaired) electrons. The number of halogens is 1. The molecule has 2 heterocycles. The molecule has 1 atom stereocenters. The van der Waals surface area contributed by atoms with Gasteiger partial charge in [-0.15, -0.1) is 22.9 Å². The first-order valence-electron chi connectivity index (χ1n) is 6.70. The molecule has 0 aliphatic rings. The third-order valence-electron chi connectivity index (χ3n) is 3.71. The minimum absolute atomic E-state index is 0.251. The Kier molecular flexibility index (Phi) is 3.57. The van der Waals surface area contributed by atoms with Crippen LogP contribution in [0.1, 0.15) is 34.1 Å². The molecule has 20 heavy (non-hydrogen) atoms. The molecule has 3 aromatic rings. The van der Waals surface area contributed by atoms with Crippen molar-refractivity contribution in [1.82, 2.24) is 9.55 Å². The predicted octanol–water partition coefficient (Wildman–Crippen LogP) is 5.06. The zero-order chi connectivity index (χ0) is 14.3. The third-order valence-corrected chi connectivity index (χ3v) is 4.93. The molecule has 0 saturated heterocycles. The first kappa shape index (κ1) is 13.7. The van der Waals surface area contributed by atoms with Gasteiger partial charge in [0, 0.05) is 9.75 Å². The SMILES string of the molecule is Cc1cc(C(C)n2c(CCl)nc3ccccc32)c(C)s1. The molecular weight excluding hydrogens is 288 g/mol. The number of hydrogen-bond acceptors (Lipinski definition) is 2. The molecule has 1 aromatic carbocycles. The average Bonchev–Trinajstić information content (AvgIpc) is 2.97. The Hall–Kier alpha value is -1.32. The maximum absolute atomic E-state index is 6.10. The summed E-state index contributed by atoms with van der Waals surface area (Å²) in [4.78, 5) is 7.37. The van der Waals surface area contributed by atoms with Crippen LogP contribution >= 0.6 is 22.9 Å². The summed E-state index contributed by atoms with van der Waals surface area (Å²) in [7, 11) is 0. The summed E-state index contributed by atoms with van der Waals surface area (Å²) >= 11 is 7.95. The Morgan fingerprint density at radius 2 is 2.05 bits per heavy atom. The molecule has 2 aromatic heterocycles. The van der Waals surface area contributed by atoms with E-state index >= 15 is 0 Å². The fourth-order valence-corrected chi connectivity index (χ4v) is 4.03. The van der Waals surface area contributed by atoms with E-state index in [0.29, 0.717) is 5.88 Å². The molecule has 4 heteroatoms.